The van der Waals surface area contributed by atoms with Gasteiger partial charge in [0, 0.05) is 17.6 Å². The molecule has 1 saturated carbocycles. The Morgan fingerprint density at radius 2 is 1.84 bits per heavy atom. The minimum atomic E-state index is -0.787. The quantitative estimate of drug-likeness (QED) is 0.509. The van der Waals surface area contributed by atoms with E-state index in [1.165, 1.54) is 6.42 Å². The Morgan fingerprint density at radius 1 is 1.12 bits per heavy atom. The van der Waals surface area contributed by atoms with Gasteiger partial charge in [0.2, 0.25) is 11.8 Å². The Hall–Kier alpha value is -2.24. The van der Waals surface area contributed by atoms with Crippen LogP contribution in [0.1, 0.15) is 49.3 Å². The second-order valence-corrected chi connectivity index (χ2v) is 8.82. The maximum absolute atomic E-state index is 13.5. The van der Waals surface area contributed by atoms with E-state index >= 15 is 0 Å². The Balaban J connectivity index is 1.89. The van der Waals surface area contributed by atoms with Crippen molar-refractivity contribution in [2.75, 3.05) is 19.5 Å². The van der Waals surface area contributed by atoms with Gasteiger partial charge in [-0.25, -0.2) is 0 Å². The smallest absolute Gasteiger partial charge is 0.247 e. The second kappa shape index (κ2) is 12.1. The van der Waals surface area contributed by atoms with Gasteiger partial charge in [-0.15, -0.1) is 11.6 Å². The summed E-state index contributed by atoms with van der Waals surface area (Å²) in [6.45, 7) is 0.354. The highest BCUT2D eigenvalue weighted by Crippen LogP contribution is 2.27. The van der Waals surface area contributed by atoms with E-state index in [2.05, 4.69) is 5.32 Å². The van der Waals surface area contributed by atoms with E-state index in [9.17, 15) is 9.59 Å². The third-order valence-electron chi connectivity index (χ3n) is 5.91. The van der Waals surface area contributed by atoms with Crippen molar-refractivity contribution >= 4 is 35.0 Å². The van der Waals surface area contributed by atoms with E-state index < -0.39 is 6.04 Å². The van der Waals surface area contributed by atoms with Crippen LogP contribution in [0.4, 0.5) is 0 Å². The molecule has 2 aromatic rings. The molecule has 0 radical (unpaired) electrons. The number of methoxy groups -OCH3 is 1. The second-order valence-electron chi connectivity index (χ2n) is 8.12. The molecule has 3 rings (SSSR count). The molecule has 0 unspecified atom stereocenters. The molecule has 0 aromatic heterocycles. The monoisotopic (exact) mass is 476 g/mol. The van der Waals surface area contributed by atoms with E-state index in [1.54, 1.807) is 12.0 Å². The predicted octanol–water partition coefficient (Wildman–Crippen LogP) is 5.15. The number of rotatable bonds is 9. The van der Waals surface area contributed by atoms with Gasteiger partial charge in [0.1, 0.15) is 17.7 Å². The van der Waals surface area contributed by atoms with Crippen LogP contribution in [0.25, 0.3) is 0 Å². The largest absolute Gasteiger partial charge is 0.497 e. The zero-order valence-electron chi connectivity index (χ0n) is 18.4. The van der Waals surface area contributed by atoms with E-state index in [1.807, 2.05) is 48.5 Å². The minimum absolute atomic E-state index is 0.133. The van der Waals surface area contributed by atoms with E-state index in [4.69, 9.17) is 27.9 Å². The lowest BCUT2D eigenvalue weighted by molar-refractivity contribution is -0.139. The van der Waals surface area contributed by atoms with Crippen LogP contribution in [0.3, 0.4) is 0 Å². The molecule has 0 heterocycles. The lowest BCUT2D eigenvalue weighted by Crippen LogP contribution is -2.48. The fourth-order valence-electron chi connectivity index (χ4n) is 4.19. The molecule has 2 aromatic carbocycles. The maximum Gasteiger partial charge on any atom is 0.247 e. The Bertz CT molecular complexity index is 898. The molecule has 0 aliphatic heterocycles. The van der Waals surface area contributed by atoms with Gasteiger partial charge in [0.15, 0.2) is 0 Å². The third kappa shape index (κ3) is 6.63. The van der Waals surface area contributed by atoms with Crippen LogP contribution < -0.4 is 10.1 Å². The number of halogens is 2. The summed E-state index contributed by atoms with van der Waals surface area (Å²) in [5, 5.41) is 3.84. The van der Waals surface area contributed by atoms with Crippen LogP contribution >= 0.6 is 23.2 Å². The normalized spacial score (nSPS) is 15.1. The third-order valence-corrected chi connectivity index (χ3v) is 6.39. The Kier molecular flexibility index (Phi) is 9.24. The van der Waals surface area contributed by atoms with Crippen molar-refractivity contribution in [1.82, 2.24) is 10.2 Å². The number of nitrogens with one attached hydrogen (secondary N) is 1. The van der Waals surface area contributed by atoms with Gasteiger partial charge in [0.25, 0.3) is 0 Å². The summed E-state index contributed by atoms with van der Waals surface area (Å²) in [5.41, 5.74) is 1.73. The average Bonchev–Trinajstić information content (AvgIpc) is 2.82. The Labute approximate surface area is 200 Å². The molecule has 1 aliphatic rings. The molecule has 32 heavy (non-hydrogen) atoms. The number of alkyl halides is 1. The van der Waals surface area contributed by atoms with Crippen molar-refractivity contribution in [1.29, 1.82) is 0 Å². The first-order chi connectivity index (χ1) is 15.5. The van der Waals surface area contributed by atoms with Crippen LogP contribution in [0.5, 0.6) is 5.75 Å². The van der Waals surface area contributed by atoms with Gasteiger partial charge in [-0.2, -0.15) is 0 Å². The summed E-state index contributed by atoms with van der Waals surface area (Å²) in [5.74, 6) is -0.0291. The zero-order chi connectivity index (χ0) is 22.9. The minimum Gasteiger partial charge on any atom is -0.497 e. The molecule has 1 aliphatic carbocycles. The molecule has 0 spiro atoms. The van der Waals surface area contributed by atoms with E-state index in [-0.39, 0.29) is 23.7 Å². The van der Waals surface area contributed by atoms with E-state index in [0.29, 0.717) is 29.3 Å². The lowest BCUT2D eigenvalue weighted by Gasteiger charge is -2.33. The molecule has 2 amide bonds. The van der Waals surface area contributed by atoms with Crippen molar-refractivity contribution in [2.24, 2.45) is 0 Å². The number of carbonyl (C=O) groups excluding carboxylic acids is 2. The summed E-state index contributed by atoms with van der Waals surface area (Å²) in [6, 6.07) is 14.1. The SMILES string of the molecule is COc1cccc([C@@H](C(=O)NC2CCCCC2)N(CCc2ccc(Cl)cc2)C(=O)CCl)c1. The maximum atomic E-state index is 13.5. The average molecular weight is 477 g/mol. The van der Waals surface area contributed by atoms with Crippen LogP contribution in [-0.4, -0.2) is 42.3 Å². The van der Waals surface area contributed by atoms with Crippen molar-refractivity contribution < 1.29 is 14.3 Å². The number of hydrogen-bond acceptors (Lipinski definition) is 3. The number of carbonyl (C=O) groups is 2. The fraction of sp³-hybridized carbons (Fsp3) is 0.440. The van der Waals surface area contributed by atoms with Gasteiger partial charge < -0.3 is 15.0 Å². The van der Waals surface area contributed by atoms with Crippen LogP contribution in [0.15, 0.2) is 48.5 Å². The molecular weight excluding hydrogens is 447 g/mol. The van der Waals surface area contributed by atoms with Gasteiger partial charge in [-0.05, 0) is 54.7 Å². The molecule has 1 N–H and O–H groups in total. The number of benzene rings is 2. The number of nitrogens with zero attached hydrogens (tertiary/aromatic N) is 1. The van der Waals surface area contributed by atoms with Crippen molar-refractivity contribution in [3.05, 3.63) is 64.7 Å². The number of ether oxygens (including phenoxy) is 1. The number of amides is 2. The Morgan fingerprint density at radius 3 is 2.50 bits per heavy atom. The van der Waals surface area contributed by atoms with Crippen molar-refractivity contribution in [3.8, 4) is 5.75 Å². The van der Waals surface area contributed by atoms with Crippen molar-refractivity contribution in [2.45, 2.75) is 50.6 Å². The van der Waals surface area contributed by atoms with Crippen LogP contribution in [0.2, 0.25) is 5.02 Å². The first-order valence-electron chi connectivity index (χ1n) is 11.1. The van der Waals surface area contributed by atoms with Crippen LogP contribution in [0, 0.1) is 0 Å². The molecule has 7 heteroatoms. The molecule has 5 nitrogen and oxygen atoms in total. The summed E-state index contributed by atoms with van der Waals surface area (Å²) >= 11 is 12.0. The van der Waals surface area contributed by atoms with Gasteiger partial charge in [-0.3, -0.25) is 9.59 Å². The van der Waals surface area contributed by atoms with Gasteiger partial charge in [0.05, 0.1) is 7.11 Å². The molecule has 1 atom stereocenters. The highest BCUT2D eigenvalue weighted by molar-refractivity contribution is 6.30. The molecule has 0 bridgehead atoms. The van der Waals surface area contributed by atoms with Crippen LogP contribution in [-0.2, 0) is 16.0 Å². The lowest BCUT2D eigenvalue weighted by atomic mass is 9.94. The topological polar surface area (TPSA) is 58.6 Å². The van der Waals surface area contributed by atoms with Crippen molar-refractivity contribution in [3.63, 3.8) is 0 Å². The molecular formula is C25H30Cl2N2O3. The highest BCUT2D eigenvalue weighted by atomic mass is 35.5. The summed E-state index contributed by atoms with van der Waals surface area (Å²) < 4.78 is 5.37. The fourth-order valence-corrected chi connectivity index (χ4v) is 4.47. The summed E-state index contributed by atoms with van der Waals surface area (Å²) in [4.78, 5) is 28.0. The first kappa shape index (κ1) is 24.4. The van der Waals surface area contributed by atoms with Gasteiger partial charge in [-0.1, -0.05) is 55.1 Å². The highest BCUT2D eigenvalue weighted by Gasteiger charge is 2.32. The van der Waals surface area contributed by atoms with E-state index in [0.717, 1.165) is 31.2 Å². The standard InChI is InChI=1S/C25H30Cl2N2O3/c1-32-22-9-5-6-19(16-22)24(25(31)28-21-7-3-2-4-8-21)29(23(30)17-26)15-14-18-10-12-20(27)13-11-18/h5-6,9-13,16,21,24H,2-4,7-8,14-15,17H2,1H3,(H,28,31)/t24-/m0/s1. The molecule has 0 saturated heterocycles. The first-order valence-corrected chi connectivity index (χ1v) is 12.0. The number of hydrogen-bond donors (Lipinski definition) is 1. The molecule has 1 fully saturated rings. The predicted molar refractivity (Wildman–Crippen MR) is 128 cm³/mol. The summed E-state index contributed by atoms with van der Waals surface area (Å²) in [6.07, 6.45) is 5.92. The summed E-state index contributed by atoms with van der Waals surface area (Å²) in [7, 11) is 1.58. The van der Waals surface area contributed by atoms with Gasteiger partial charge >= 0.3 is 0 Å². The zero-order valence-corrected chi connectivity index (χ0v) is 19.9. The molecule has 172 valence electrons.